The predicted molar refractivity (Wildman–Crippen MR) is 72.8 cm³/mol. The molecule has 5 nitrogen and oxygen atoms in total. The summed E-state index contributed by atoms with van der Waals surface area (Å²) < 4.78 is 28.1. The topological polar surface area (TPSA) is 55.6 Å². The average molecular weight is 287 g/mol. The fourth-order valence-electron chi connectivity index (χ4n) is 1.89. The zero-order chi connectivity index (χ0) is 14.7. The quantitative estimate of drug-likeness (QED) is 0.801. The first-order valence-electron chi connectivity index (χ1n) is 6.24. The summed E-state index contributed by atoms with van der Waals surface area (Å²) in [6.45, 7) is 0.202. The third-order valence-electron chi connectivity index (χ3n) is 3.00. The Morgan fingerprint density at radius 2 is 1.86 bits per heavy atom. The number of rotatable bonds is 4. The van der Waals surface area contributed by atoms with E-state index in [1.165, 1.54) is 17.1 Å². The van der Waals surface area contributed by atoms with Crippen molar-refractivity contribution in [2.75, 3.05) is 5.32 Å². The molecule has 1 aromatic heterocycles. The summed E-state index contributed by atoms with van der Waals surface area (Å²) in [5.41, 5.74) is 1.87. The van der Waals surface area contributed by atoms with Crippen LogP contribution in [0.5, 0.6) is 0 Å². The molecule has 0 aliphatic rings. The Bertz CT molecular complexity index is 726. The van der Waals surface area contributed by atoms with Crippen molar-refractivity contribution in [3.8, 4) is 5.69 Å². The number of aromatic nitrogens is 4. The molecule has 3 rings (SSSR count). The highest BCUT2D eigenvalue weighted by Gasteiger charge is 2.07. The molecule has 7 heteroatoms. The van der Waals surface area contributed by atoms with Gasteiger partial charge in [-0.15, -0.1) is 5.10 Å². The van der Waals surface area contributed by atoms with Gasteiger partial charge in [-0.25, -0.2) is 13.5 Å². The van der Waals surface area contributed by atoms with Crippen molar-refractivity contribution in [1.82, 2.24) is 20.2 Å². The minimum atomic E-state index is -0.844. The van der Waals surface area contributed by atoms with Crippen LogP contribution in [0.1, 0.15) is 5.56 Å². The molecule has 0 fully saturated rings. The average Bonchev–Trinajstić information content (AvgIpc) is 3.04. The van der Waals surface area contributed by atoms with E-state index in [0.29, 0.717) is 0 Å². The molecule has 0 aliphatic carbocycles. The molecule has 0 atom stereocenters. The Balaban J connectivity index is 1.70. The molecular formula is C14H11F2N5. The van der Waals surface area contributed by atoms with Crippen LogP contribution in [0.15, 0.2) is 48.8 Å². The second kappa shape index (κ2) is 5.66. The molecule has 0 radical (unpaired) electrons. The van der Waals surface area contributed by atoms with Crippen LogP contribution in [-0.2, 0) is 6.54 Å². The van der Waals surface area contributed by atoms with Crippen LogP contribution in [0.2, 0.25) is 0 Å². The van der Waals surface area contributed by atoms with Crippen molar-refractivity contribution in [1.29, 1.82) is 0 Å². The van der Waals surface area contributed by atoms with Gasteiger partial charge in [0.25, 0.3) is 0 Å². The number of benzene rings is 2. The van der Waals surface area contributed by atoms with Crippen LogP contribution in [0.3, 0.4) is 0 Å². The van der Waals surface area contributed by atoms with Crippen molar-refractivity contribution < 1.29 is 8.78 Å². The molecular weight excluding hydrogens is 276 g/mol. The lowest BCUT2D eigenvalue weighted by molar-refractivity contribution is 0.500. The first-order valence-corrected chi connectivity index (χ1v) is 6.24. The van der Waals surface area contributed by atoms with Crippen LogP contribution in [0.25, 0.3) is 5.69 Å². The van der Waals surface area contributed by atoms with Crippen molar-refractivity contribution in [3.63, 3.8) is 0 Å². The molecule has 106 valence electrons. The molecule has 1 heterocycles. The highest BCUT2D eigenvalue weighted by Crippen LogP contribution is 2.16. The Labute approximate surface area is 119 Å². The van der Waals surface area contributed by atoms with E-state index < -0.39 is 11.6 Å². The van der Waals surface area contributed by atoms with Gasteiger partial charge in [0.2, 0.25) is 0 Å². The number of nitrogens with one attached hydrogen (secondary N) is 1. The van der Waals surface area contributed by atoms with Gasteiger partial charge in [-0.1, -0.05) is 12.1 Å². The molecule has 2 aromatic carbocycles. The maximum absolute atomic E-state index is 13.5. The Hall–Kier alpha value is -2.83. The fraction of sp³-hybridized carbons (Fsp3) is 0.0714. The Morgan fingerprint density at radius 3 is 2.57 bits per heavy atom. The van der Waals surface area contributed by atoms with Gasteiger partial charge in [-0.2, -0.15) is 0 Å². The second-order valence-electron chi connectivity index (χ2n) is 4.37. The normalized spacial score (nSPS) is 10.6. The van der Waals surface area contributed by atoms with Crippen molar-refractivity contribution in [3.05, 3.63) is 66.0 Å². The third kappa shape index (κ3) is 2.86. The maximum Gasteiger partial charge on any atom is 0.163 e. The fourth-order valence-corrected chi connectivity index (χ4v) is 1.89. The lowest BCUT2D eigenvalue weighted by atomic mass is 10.2. The van der Waals surface area contributed by atoms with Gasteiger partial charge in [0, 0.05) is 17.8 Å². The summed E-state index contributed by atoms with van der Waals surface area (Å²) in [6, 6.07) is 11.4. The summed E-state index contributed by atoms with van der Waals surface area (Å²) in [4.78, 5) is 0. The van der Waals surface area contributed by atoms with Crippen LogP contribution in [-0.4, -0.2) is 20.2 Å². The number of halogens is 2. The maximum atomic E-state index is 13.5. The van der Waals surface area contributed by atoms with Gasteiger partial charge in [0.15, 0.2) is 11.6 Å². The number of tetrazole rings is 1. The number of hydrogen-bond donors (Lipinski definition) is 1. The van der Waals surface area contributed by atoms with Crippen LogP contribution >= 0.6 is 0 Å². The molecule has 0 saturated heterocycles. The largest absolute Gasteiger partial charge is 0.381 e. The number of nitrogens with zero attached hydrogens (tertiary/aromatic N) is 4. The zero-order valence-corrected chi connectivity index (χ0v) is 10.9. The molecule has 3 aromatic rings. The molecule has 0 amide bonds. The van der Waals surface area contributed by atoms with E-state index in [0.717, 1.165) is 17.4 Å². The van der Waals surface area contributed by atoms with E-state index in [1.54, 1.807) is 6.07 Å². The molecule has 0 unspecified atom stereocenters. The standard InChI is InChI=1S/C14H11F2N5/c15-13-3-1-2-10(14(13)16)8-17-11-4-6-12(7-5-11)21-9-18-19-20-21/h1-7,9,17H,8H2. The Kier molecular flexibility index (Phi) is 3.55. The van der Waals surface area contributed by atoms with E-state index in [1.807, 2.05) is 24.3 Å². The van der Waals surface area contributed by atoms with Crippen LogP contribution in [0, 0.1) is 11.6 Å². The molecule has 0 bridgehead atoms. The lowest BCUT2D eigenvalue weighted by Crippen LogP contribution is -2.03. The lowest BCUT2D eigenvalue weighted by Gasteiger charge is -2.08. The SMILES string of the molecule is Fc1cccc(CNc2ccc(-n3cnnn3)cc2)c1F. The monoisotopic (exact) mass is 287 g/mol. The number of hydrogen-bond acceptors (Lipinski definition) is 4. The molecule has 21 heavy (non-hydrogen) atoms. The molecule has 0 spiro atoms. The first-order chi connectivity index (χ1) is 10.2. The summed E-state index contributed by atoms with van der Waals surface area (Å²) in [7, 11) is 0. The van der Waals surface area contributed by atoms with E-state index in [9.17, 15) is 8.78 Å². The van der Waals surface area contributed by atoms with Gasteiger partial charge in [0.1, 0.15) is 6.33 Å². The van der Waals surface area contributed by atoms with Crippen molar-refractivity contribution >= 4 is 5.69 Å². The highest BCUT2D eigenvalue weighted by molar-refractivity contribution is 5.48. The molecule has 1 N–H and O–H groups in total. The van der Waals surface area contributed by atoms with Crippen molar-refractivity contribution in [2.45, 2.75) is 6.54 Å². The van der Waals surface area contributed by atoms with Gasteiger partial charge < -0.3 is 5.32 Å². The first kappa shape index (κ1) is 13.2. The highest BCUT2D eigenvalue weighted by atomic mass is 19.2. The minimum absolute atomic E-state index is 0.202. The Morgan fingerprint density at radius 1 is 1.05 bits per heavy atom. The van der Waals surface area contributed by atoms with Gasteiger partial charge in [-0.3, -0.25) is 0 Å². The smallest absolute Gasteiger partial charge is 0.163 e. The van der Waals surface area contributed by atoms with Gasteiger partial charge >= 0.3 is 0 Å². The van der Waals surface area contributed by atoms with Crippen molar-refractivity contribution in [2.24, 2.45) is 0 Å². The predicted octanol–water partition coefficient (Wildman–Crippen LogP) is 2.55. The van der Waals surface area contributed by atoms with Gasteiger partial charge in [-0.05, 0) is 40.8 Å². The summed E-state index contributed by atoms with van der Waals surface area (Å²) >= 11 is 0. The zero-order valence-electron chi connectivity index (χ0n) is 10.9. The van der Waals surface area contributed by atoms with E-state index in [4.69, 9.17) is 0 Å². The van der Waals surface area contributed by atoms with E-state index in [2.05, 4.69) is 20.8 Å². The third-order valence-corrected chi connectivity index (χ3v) is 3.00. The van der Waals surface area contributed by atoms with Gasteiger partial charge in [0.05, 0.1) is 5.69 Å². The minimum Gasteiger partial charge on any atom is -0.381 e. The summed E-state index contributed by atoms with van der Waals surface area (Å²) in [5, 5.41) is 13.9. The molecule has 0 saturated carbocycles. The van der Waals surface area contributed by atoms with Crippen LogP contribution < -0.4 is 5.32 Å². The summed E-state index contributed by atoms with van der Waals surface area (Å²) in [5.74, 6) is -1.67. The number of anilines is 1. The van der Waals surface area contributed by atoms with E-state index in [-0.39, 0.29) is 12.1 Å². The second-order valence-corrected chi connectivity index (χ2v) is 4.37. The summed E-state index contributed by atoms with van der Waals surface area (Å²) in [6.07, 6.45) is 1.49. The van der Waals surface area contributed by atoms with E-state index >= 15 is 0 Å². The van der Waals surface area contributed by atoms with Crippen LogP contribution in [0.4, 0.5) is 14.5 Å². The molecule has 0 aliphatic heterocycles.